The first-order chi connectivity index (χ1) is 15.6. The third kappa shape index (κ3) is 4.69. The smallest absolute Gasteiger partial charge is 0.375 e. The Hall–Kier alpha value is -3.04. The molecule has 1 N–H and O–H groups in total. The summed E-state index contributed by atoms with van der Waals surface area (Å²) in [6, 6.07) is 5.62. The van der Waals surface area contributed by atoms with E-state index in [1.165, 1.54) is 29.9 Å². The van der Waals surface area contributed by atoms with Gasteiger partial charge in [-0.15, -0.1) is 16.4 Å². The normalized spacial score (nSPS) is 14.7. The van der Waals surface area contributed by atoms with Gasteiger partial charge in [-0.3, -0.25) is 4.79 Å². The van der Waals surface area contributed by atoms with Crippen LogP contribution in [0.25, 0.3) is 15.7 Å². The Morgan fingerprint density at radius 1 is 1.33 bits per heavy atom. The predicted molar refractivity (Wildman–Crippen MR) is 124 cm³/mol. The second-order valence-electron chi connectivity index (χ2n) is 7.54. The summed E-state index contributed by atoms with van der Waals surface area (Å²) in [5.74, 6) is -0.0500. The maximum absolute atomic E-state index is 13.3. The third-order valence-electron chi connectivity index (χ3n) is 5.37. The molecule has 0 aliphatic heterocycles. The highest BCUT2D eigenvalue weighted by molar-refractivity contribution is 7.21. The number of alkyl halides is 3. The van der Waals surface area contributed by atoms with Gasteiger partial charge in [-0.05, 0) is 37.5 Å². The van der Waals surface area contributed by atoms with Gasteiger partial charge in [0.1, 0.15) is 5.69 Å². The van der Waals surface area contributed by atoms with Crippen LogP contribution in [-0.4, -0.2) is 32.1 Å². The zero-order valence-corrected chi connectivity index (χ0v) is 19.3. The lowest BCUT2D eigenvalue weighted by molar-refractivity contribution is -0.269. The molecule has 0 bridgehead atoms. The average molecular weight is 476 g/mol. The fraction of sp³-hybridized carbons (Fsp3) is 0.292. The van der Waals surface area contributed by atoms with E-state index in [1.54, 1.807) is 12.2 Å². The average Bonchev–Trinajstić information content (AvgIpc) is 3.38. The van der Waals surface area contributed by atoms with Crippen molar-refractivity contribution in [2.75, 3.05) is 0 Å². The highest BCUT2D eigenvalue weighted by atomic mass is 32.1. The Bertz CT molecular complexity index is 1250. The Balaban J connectivity index is 1.99. The van der Waals surface area contributed by atoms with Gasteiger partial charge in [0.05, 0.1) is 17.6 Å². The summed E-state index contributed by atoms with van der Waals surface area (Å²) in [5.41, 5.74) is -1.07. The molecule has 1 atom stereocenters. The van der Waals surface area contributed by atoms with Gasteiger partial charge in [0.25, 0.3) is 0 Å². The van der Waals surface area contributed by atoms with Crippen molar-refractivity contribution in [3.63, 3.8) is 0 Å². The number of thiophene rings is 1. The summed E-state index contributed by atoms with van der Waals surface area (Å²) in [5, 5.41) is 18.3. The Morgan fingerprint density at radius 3 is 2.64 bits per heavy atom. The Kier molecular flexibility index (Phi) is 7.04. The number of nitrogens with zero attached hydrogens (tertiary/aromatic N) is 3. The SMILES string of the molecule is C=C/C=C\C(=C/C)c1c(C(C)=O)sc2cc(Cn3cc(C(O)(CC)C(F)(F)F)nn3)ccc12. The highest BCUT2D eigenvalue weighted by Gasteiger charge is 2.55. The number of aromatic nitrogens is 3. The van der Waals surface area contributed by atoms with Crippen molar-refractivity contribution in [3.8, 4) is 0 Å². The van der Waals surface area contributed by atoms with Crippen LogP contribution in [0.2, 0.25) is 0 Å². The molecule has 0 spiro atoms. The van der Waals surface area contributed by atoms with Gasteiger partial charge in [-0.1, -0.05) is 55.2 Å². The van der Waals surface area contributed by atoms with E-state index in [9.17, 15) is 23.1 Å². The van der Waals surface area contributed by atoms with Gasteiger partial charge in [0.2, 0.25) is 5.60 Å². The summed E-state index contributed by atoms with van der Waals surface area (Å²) in [6.07, 6.45) is 2.96. The van der Waals surface area contributed by atoms with Crippen molar-refractivity contribution in [2.24, 2.45) is 0 Å². The van der Waals surface area contributed by atoms with Gasteiger partial charge >= 0.3 is 6.18 Å². The second-order valence-corrected chi connectivity index (χ2v) is 8.60. The zero-order chi connectivity index (χ0) is 24.4. The number of Topliss-reactive ketones (excluding diaryl/α,β-unsaturated/α-hetero) is 1. The van der Waals surface area contributed by atoms with Gasteiger partial charge in [-0.25, -0.2) is 4.68 Å². The van der Waals surface area contributed by atoms with Gasteiger partial charge in [0, 0.05) is 15.6 Å². The van der Waals surface area contributed by atoms with Crippen LogP contribution in [0.3, 0.4) is 0 Å². The lowest BCUT2D eigenvalue weighted by Gasteiger charge is -2.26. The van der Waals surface area contributed by atoms with E-state index in [2.05, 4.69) is 16.9 Å². The van der Waals surface area contributed by atoms with Gasteiger partial charge in [0.15, 0.2) is 5.78 Å². The number of hydrogen-bond donors (Lipinski definition) is 1. The van der Waals surface area contributed by atoms with Crippen molar-refractivity contribution in [3.05, 3.63) is 77.0 Å². The molecule has 0 saturated heterocycles. The Morgan fingerprint density at radius 2 is 2.06 bits per heavy atom. The molecule has 0 aliphatic carbocycles. The number of hydrogen-bond acceptors (Lipinski definition) is 5. The van der Waals surface area contributed by atoms with Crippen LogP contribution in [0, 0.1) is 0 Å². The van der Waals surface area contributed by atoms with E-state index in [1.807, 2.05) is 37.3 Å². The number of ketones is 1. The molecule has 9 heteroatoms. The molecule has 2 heterocycles. The largest absolute Gasteiger partial charge is 0.423 e. The van der Waals surface area contributed by atoms with E-state index in [0.717, 1.165) is 33.0 Å². The fourth-order valence-corrected chi connectivity index (χ4v) is 4.73. The number of carbonyl (C=O) groups is 1. The lowest BCUT2D eigenvalue weighted by Crippen LogP contribution is -2.42. The van der Waals surface area contributed by atoms with Crippen LogP contribution in [0.5, 0.6) is 0 Å². The molecular formula is C24H24F3N3O2S. The van der Waals surface area contributed by atoms with Crippen LogP contribution < -0.4 is 0 Å². The first-order valence-electron chi connectivity index (χ1n) is 10.3. The number of rotatable bonds is 8. The maximum Gasteiger partial charge on any atom is 0.423 e. The molecule has 0 saturated carbocycles. The summed E-state index contributed by atoms with van der Waals surface area (Å²) in [6.45, 7) is 8.50. The molecule has 5 nitrogen and oxygen atoms in total. The molecule has 0 amide bonds. The van der Waals surface area contributed by atoms with Crippen molar-refractivity contribution in [1.29, 1.82) is 0 Å². The predicted octanol–water partition coefficient (Wildman–Crippen LogP) is 6.05. The lowest BCUT2D eigenvalue weighted by atomic mass is 9.96. The molecular weight excluding hydrogens is 451 g/mol. The number of aliphatic hydroxyl groups is 1. The highest BCUT2D eigenvalue weighted by Crippen LogP contribution is 2.40. The van der Waals surface area contributed by atoms with Crippen LogP contribution in [-0.2, 0) is 12.1 Å². The van der Waals surface area contributed by atoms with Crippen molar-refractivity contribution in [1.82, 2.24) is 15.0 Å². The third-order valence-corrected chi connectivity index (χ3v) is 6.63. The van der Waals surface area contributed by atoms with Crippen LogP contribution in [0.1, 0.15) is 53.7 Å². The number of halogens is 3. The standard InChI is InChI=1S/C24H24F3N3O2S/c1-5-8-9-17(6-2)21-18-11-10-16(12-19(18)33-22(21)15(4)31)13-30-14-20(28-29-30)23(32,7-3)24(25,26)27/h5-6,8-12,14,32H,1,7,13H2,2-4H3/b9-8-,17-6+. The molecule has 0 aliphatic rings. The monoisotopic (exact) mass is 475 g/mol. The first-order valence-corrected chi connectivity index (χ1v) is 11.1. The van der Waals surface area contributed by atoms with Crippen molar-refractivity contribution in [2.45, 2.75) is 45.5 Å². The van der Waals surface area contributed by atoms with E-state index in [0.29, 0.717) is 4.88 Å². The topological polar surface area (TPSA) is 68.0 Å². The minimum atomic E-state index is -4.86. The molecule has 33 heavy (non-hydrogen) atoms. The number of allylic oxidation sites excluding steroid dienone is 5. The number of carbonyl (C=O) groups excluding carboxylic acids is 1. The van der Waals surface area contributed by atoms with Crippen molar-refractivity contribution >= 4 is 32.8 Å². The first kappa shape index (κ1) is 24.6. The second kappa shape index (κ2) is 9.44. The van der Waals surface area contributed by atoms with E-state index < -0.39 is 23.9 Å². The summed E-state index contributed by atoms with van der Waals surface area (Å²) >= 11 is 1.37. The molecule has 2 aromatic heterocycles. The summed E-state index contributed by atoms with van der Waals surface area (Å²) < 4.78 is 42.1. The molecule has 0 fully saturated rings. The van der Waals surface area contributed by atoms with E-state index in [-0.39, 0.29) is 12.3 Å². The maximum atomic E-state index is 13.3. The van der Waals surface area contributed by atoms with Crippen LogP contribution in [0.4, 0.5) is 13.2 Å². The molecule has 0 radical (unpaired) electrons. The van der Waals surface area contributed by atoms with Crippen molar-refractivity contribution < 1.29 is 23.1 Å². The minimum absolute atomic E-state index is 0.0500. The van der Waals surface area contributed by atoms with E-state index >= 15 is 0 Å². The molecule has 174 valence electrons. The molecule has 3 aromatic rings. The van der Waals surface area contributed by atoms with Crippen LogP contribution >= 0.6 is 11.3 Å². The van der Waals surface area contributed by atoms with Crippen LogP contribution in [0.15, 0.2) is 55.3 Å². The zero-order valence-electron chi connectivity index (χ0n) is 18.5. The minimum Gasteiger partial charge on any atom is -0.375 e. The summed E-state index contributed by atoms with van der Waals surface area (Å²) in [7, 11) is 0. The Labute approximate surface area is 193 Å². The molecule has 1 unspecified atom stereocenters. The van der Waals surface area contributed by atoms with E-state index in [4.69, 9.17) is 0 Å². The quantitative estimate of drug-likeness (QED) is 0.318. The molecule has 1 aromatic carbocycles. The van der Waals surface area contributed by atoms with Gasteiger partial charge in [-0.2, -0.15) is 13.2 Å². The fourth-order valence-electron chi connectivity index (χ4n) is 3.55. The number of fused-ring (bicyclic) bond motifs is 1. The summed E-state index contributed by atoms with van der Waals surface area (Å²) in [4.78, 5) is 12.9. The van der Waals surface area contributed by atoms with Gasteiger partial charge < -0.3 is 5.11 Å². The number of benzene rings is 1. The molecule has 3 rings (SSSR count).